The van der Waals surface area contributed by atoms with Crippen molar-refractivity contribution in [3.05, 3.63) is 11.6 Å². The van der Waals surface area contributed by atoms with E-state index < -0.39 is 5.97 Å². The fourth-order valence-electron chi connectivity index (χ4n) is 2.19. The first-order chi connectivity index (χ1) is 7.79. The predicted molar refractivity (Wildman–Crippen MR) is 69.2 cm³/mol. The first-order valence-corrected chi connectivity index (χ1v) is 6.16. The maximum Gasteiger partial charge on any atom is 0.328 e. The average molecular weight is 240 g/mol. The summed E-state index contributed by atoms with van der Waals surface area (Å²) in [5.41, 5.74) is 1.15. The van der Waals surface area contributed by atoms with Crippen molar-refractivity contribution < 1.29 is 9.90 Å². The van der Waals surface area contributed by atoms with Crippen LogP contribution in [0.3, 0.4) is 0 Å². The molecule has 0 unspecified atom stereocenters. The molecule has 1 aliphatic heterocycles. The van der Waals surface area contributed by atoms with Crippen LogP contribution in [0.5, 0.6) is 0 Å². The van der Waals surface area contributed by atoms with Crippen molar-refractivity contribution in [2.24, 2.45) is 0 Å². The molecule has 0 spiro atoms. The highest BCUT2D eigenvalue weighted by molar-refractivity contribution is 5.80. The number of piperazine rings is 1. The second-order valence-electron chi connectivity index (χ2n) is 5.76. The van der Waals surface area contributed by atoms with Gasteiger partial charge in [-0.2, -0.15) is 0 Å². The molecule has 17 heavy (non-hydrogen) atoms. The van der Waals surface area contributed by atoms with Crippen LogP contribution in [0, 0.1) is 0 Å². The van der Waals surface area contributed by atoms with Gasteiger partial charge in [-0.3, -0.25) is 9.80 Å². The molecule has 1 aliphatic rings. The maximum absolute atomic E-state index is 10.5. The third-order valence-electron chi connectivity index (χ3n) is 3.16. The molecule has 4 nitrogen and oxygen atoms in total. The number of carbonyl (C=O) groups is 1. The molecule has 1 rings (SSSR count). The van der Waals surface area contributed by atoms with Crippen LogP contribution in [0.25, 0.3) is 0 Å². The van der Waals surface area contributed by atoms with E-state index >= 15 is 0 Å². The quantitative estimate of drug-likeness (QED) is 0.758. The zero-order valence-corrected chi connectivity index (χ0v) is 11.4. The summed E-state index contributed by atoms with van der Waals surface area (Å²) in [5, 5.41) is 8.66. The van der Waals surface area contributed by atoms with Gasteiger partial charge in [-0.1, -0.05) is 5.57 Å². The molecule has 0 amide bonds. The van der Waals surface area contributed by atoms with Crippen LogP contribution in [0.15, 0.2) is 11.6 Å². The Balaban J connectivity index is 2.40. The van der Waals surface area contributed by atoms with Crippen molar-refractivity contribution >= 4 is 5.97 Å². The van der Waals surface area contributed by atoms with Gasteiger partial charge in [0, 0.05) is 44.3 Å². The van der Waals surface area contributed by atoms with Crippen LogP contribution in [-0.2, 0) is 4.79 Å². The summed E-state index contributed by atoms with van der Waals surface area (Å²) in [6.45, 7) is 13.5. The Morgan fingerprint density at radius 2 is 1.76 bits per heavy atom. The van der Waals surface area contributed by atoms with E-state index in [2.05, 4.69) is 30.6 Å². The molecule has 0 aromatic rings. The summed E-state index contributed by atoms with van der Waals surface area (Å²) in [5.74, 6) is -0.851. The Bertz CT molecular complexity index is 297. The monoisotopic (exact) mass is 240 g/mol. The van der Waals surface area contributed by atoms with Gasteiger partial charge in [0.1, 0.15) is 0 Å². The maximum atomic E-state index is 10.5. The van der Waals surface area contributed by atoms with E-state index in [9.17, 15) is 4.79 Å². The molecule has 0 aromatic carbocycles. The lowest BCUT2D eigenvalue weighted by Gasteiger charge is -2.42. The van der Waals surface area contributed by atoms with E-state index in [1.54, 1.807) is 0 Å². The van der Waals surface area contributed by atoms with E-state index in [-0.39, 0.29) is 5.54 Å². The molecule has 98 valence electrons. The van der Waals surface area contributed by atoms with Crippen molar-refractivity contribution in [2.75, 3.05) is 32.7 Å². The molecular weight excluding hydrogens is 216 g/mol. The second kappa shape index (κ2) is 5.65. The lowest BCUT2D eigenvalue weighted by atomic mass is 10.0. The number of hydrogen-bond acceptors (Lipinski definition) is 3. The van der Waals surface area contributed by atoms with Gasteiger partial charge in [0.25, 0.3) is 0 Å². The number of nitrogens with zero attached hydrogens (tertiary/aromatic N) is 2. The average Bonchev–Trinajstić information content (AvgIpc) is 2.15. The fraction of sp³-hybridized carbons (Fsp3) is 0.769. The third kappa shape index (κ3) is 4.88. The number of carboxylic acid groups (broad SMARTS) is 1. The smallest absolute Gasteiger partial charge is 0.328 e. The van der Waals surface area contributed by atoms with Gasteiger partial charge in [0.05, 0.1) is 0 Å². The van der Waals surface area contributed by atoms with Gasteiger partial charge in [0.15, 0.2) is 0 Å². The summed E-state index contributed by atoms with van der Waals surface area (Å²) in [4.78, 5) is 15.3. The molecule has 4 heteroatoms. The summed E-state index contributed by atoms with van der Waals surface area (Å²) in [6, 6.07) is 0. The van der Waals surface area contributed by atoms with Crippen LogP contribution in [0.2, 0.25) is 0 Å². The van der Waals surface area contributed by atoms with Crippen LogP contribution in [0.1, 0.15) is 27.7 Å². The number of rotatable bonds is 3. The minimum atomic E-state index is -0.851. The van der Waals surface area contributed by atoms with Crippen molar-refractivity contribution in [2.45, 2.75) is 33.2 Å². The standard InChI is InChI=1S/C13H24N2O2/c1-11(9-12(16)17)10-14-5-7-15(8-6-14)13(2,3)4/h9H,5-8,10H2,1-4H3,(H,16,17). The second-order valence-corrected chi connectivity index (χ2v) is 5.76. The van der Waals surface area contributed by atoms with Crippen LogP contribution >= 0.6 is 0 Å². The molecule has 1 N–H and O–H groups in total. The summed E-state index contributed by atoms with van der Waals surface area (Å²) in [6.07, 6.45) is 1.30. The number of carboxylic acids is 1. The van der Waals surface area contributed by atoms with Gasteiger partial charge in [-0.25, -0.2) is 4.79 Å². The summed E-state index contributed by atoms with van der Waals surface area (Å²) in [7, 11) is 0. The van der Waals surface area contributed by atoms with E-state index in [1.807, 2.05) is 6.92 Å². The Labute approximate surface area is 104 Å². The molecule has 0 aliphatic carbocycles. The number of hydrogen-bond donors (Lipinski definition) is 1. The van der Waals surface area contributed by atoms with Gasteiger partial charge in [0.2, 0.25) is 0 Å². The molecular formula is C13H24N2O2. The van der Waals surface area contributed by atoms with Crippen molar-refractivity contribution in [3.8, 4) is 0 Å². The van der Waals surface area contributed by atoms with E-state index in [0.717, 1.165) is 38.3 Å². The highest BCUT2D eigenvalue weighted by Gasteiger charge is 2.25. The van der Waals surface area contributed by atoms with Crippen LogP contribution in [-0.4, -0.2) is 59.1 Å². The first-order valence-electron chi connectivity index (χ1n) is 6.16. The lowest BCUT2D eigenvalue weighted by Crippen LogP contribution is -2.53. The molecule has 1 saturated heterocycles. The Hall–Kier alpha value is -0.870. The highest BCUT2D eigenvalue weighted by Crippen LogP contribution is 2.16. The Morgan fingerprint density at radius 1 is 1.24 bits per heavy atom. The van der Waals surface area contributed by atoms with Gasteiger partial charge >= 0.3 is 5.97 Å². The van der Waals surface area contributed by atoms with Gasteiger partial charge in [-0.15, -0.1) is 0 Å². The van der Waals surface area contributed by atoms with Gasteiger partial charge < -0.3 is 5.11 Å². The number of aliphatic carboxylic acids is 1. The SMILES string of the molecule is CC(=CC(=O)O)CN1CCN(C(C)(C)C)CC1. The van der Waals surface area contributed by atoms with Crippen LogP contribution in [0.4, 0.5) is 0 Å². The van der Waals surface area contributed by atoms with E-state index in [1.165, 1.54) is 6.08 Å². The van der Waals surface area contributed by atoms with E-state index in [4.69, 9.17) is 5.11 Å². The fourth-order valence-corrected chi connectivity index (χ4v) is 2.19. The molecule has 0 saturated carbocycles. The first kappa shape index (κ1) is 14.2. The zero-order valence-electron chi connectivity index (χ0n) is 11.4. The molecule has 0 atom stereocenters. The topological polar surface area (TPSA) is 43.8 Å². The van der Waals surface area contributed by atoms with Gasteiger partial charge in [-0.05, 0) is 27.7 Å². The highest BCUT2D eigenvalue weighted by atomic mass is 16.4. The minimum Gasteiger partial charge on any atom is -0.478 e. The minimum absolute atomic E-state index is 0.234. The zero-order chi connectivity index (χ0) is 13.1. The van der Waals surface area contributed by atoms with Crippen molar-refractivity contribution in [1.29, 1.82) is 0 Å². The summed E-state index contributed by atoms with van der Waals surface area (Å²) >= 11 is 0. The molecule has 1 fully saturated rings. The lowest BCUT2D eigenvalue weighted by molar-refractivity contribution is -0.131. The Morgan fingerprint density at radius 3 is 2.18 bits per heavy atom. The molecule has 1 heterocycles. The van der Waals surface area contributed by atoms with Crippen molar-refractivity contribution in [1.82, 2.24) is 9.80 Å². The molecule has 0 radical (unpaired) electrons. The normalized spacial score (nSPS) is 20.6. The largest absolute Gasteiger partial charge is 0.478 e. The third-order valence-corrected chi connectivity index (χ3v) is 3.16. The molecule has 0 bridgehead atoms. The predicted octanol–water partition coefficient (Wildman–Crippen LogP) is 1.43. The Kier molecular flexibility index (Phi) is 4.71. The molecule has 0 aromatic heterocycles. The van der Waals surface area contributed by atoms with E-state index in [0.29, 0.717) is 0 Å². The van der Waals surface area contributed by atoms with Crippen molar-refractivity contribution in [3.63, 3.8) is 0 Å². The summed E-state index contributed by atoms with van der Waals surface area (Å²) < 4.78 is 0. The van der Waals surface area contributed by atoms with Crippen LogP contribution < -0.4 is 0 Å².